The molecule has 1 aliphatic heterocycles. The van der Waals surface area contributed by atoms with Gasteiger partial charge in [-0.1, -0.05) is 12.1 Å². The molecular formula is C20H23N5O. The molecule has 1 saturated heterocycles. The molecule has 26 heavy (non-hydrogen) atoms. The van der Waals surface area contributed by atoms with E-state index in [4.69, 9.17) is 4.98 Å². The summed E-state index contributed by atoms with van der Waals surface area (Å²) in [5, 5.41) is 3.04. The summed E-state index contributed by atoms with van der Waals surface area (Å²) in [6.07, 6.45) is 5.42. The molecule has 1 fully saturated rings. The number of hydrogen-bond donors (Lipinski definition) is 2. The van der Waals surface area contributed by atoms with Crippen molar-refractivity contribution in [1.82, 2.24) is 20.3 Å². The fourth-order valence-corrected chi connectivity index (χ4v) is 3.48. The lowest BCUT2D eigenvalue weighted by molar-refractivity contribution is -0.125. The third kappa shape index (κ3) is 3.54. The Balaban J connectivity index is 1.42. The SMILES string of the molecule is Cc1ccc2nc(N3CCC[C@@H](C(=O)NCc4cccnc4)C3)[nH]c2c1. The third-order valence-electron chi connectivity index (χ3n) is 4.91. The van der Waals surface area contributed by atoms with E-state index >= 15 is 0 Å². The van der Waals surface area contributed by atoms with E-state index in [0.29, 0.717) is 13.1 Å². The van der Waals surface area contributed by atoms with E-state index in [2.05, 4.69) is 39.2 Å². The lowest BCUT2D eigenvalue weighted by atomic mass is 9.97. The van der Waals surface area contributed by atoms with Crippen LogP contribution in [0.4, 0.5) is 5.95 Å². The highest BCUT2D eigenvalue weighted by Gasteiger charge is 2.27. The third-order valence-corrected chi connectivity index (χ3v) is 4.91. The lowest BCUT2D eigenvalue weighted by Crippen LogP contribution is -2.43. The zero-order valence-corrected chi connectivity index (χ0v) is 14.9. The molecule has 3 aromatic rings. The van der Waals surface area contributed by atoms with E-state index in [-0.39, 0.29) is 11.8 Å². The van der Waals surface area contributed by atoms with E-state index in [0.717, 1.165) is 41.9 Å². The molecule has 2 N–H and O–H groups in total. The average molecular weight is 349 g/mol. The topological polar surface area (TPSA) is 73.9 Å². The second-order valence-electron chi connectivity index (χ2n) is 6.95. The van der Waals surface area contributed by atoms with Gasteiger partial charge in [0.2, 0.25) is 11.9 Å². The van der Waals surface area contributed by atoms with Crippen molar-refractivity contribution in [3.63, 3.8) is 0 Å². The number of pyridine rings is 1. The zero-order chi connectivity index (χ0) is 17.9. The van der Waals surface area contributed by atoms with Crippen molar-refractivity contribution in [2.75, 3.05) is 18.0 Å². The number of H-pyrrole nitrogens is 1. The van der Waals surface area contributed by atoms with Gasteiger partial charge in [0.05, 0.1) is 17.0 Å². The number of fused-ring (bicyclic) bond motifs is 1. The van der Waals surface area contributed by atoms with Crippen LogP contribution in [0.5, 0.6) is 0 Å². The van der Waals surface area contributed by atoms with Crippen LogP contribution in [0.1, 0.15) is 24.0 Å². The predicted octanol–water partition coefficient (Wildman–Crippen LogP) is 2.80. The summed E-state index contributed by atoms with van der Waals surface area (Å²) in [5.74, 6) is 0.941. The minimum atomic E-state index is -0.0182. The Morgan fingerprint density at radius 2 is 2.31 bits per heavy atom. The van der Waals surface area contributed by atoms with Crippen LogP contribution in [-0.2, 0) is 11.3 Å². The lowest BCUT2D eigenvalue weighted by Gasteiger charge is -2.31. The summed E-state index contributed by atoms with van der Waals surface area (Å²) in [4.78, 5) is 26.9. The maximum absolute atomic E-state index is 12.6. The molecule has 3 heterocycles. The summed E-state index contributed by atoms with van der Waals surface area (Å²) in [6.45, 7) is 4.21. The van der Waals surface area contributed by atoms with Crippen LogP contribution < -0.4 is 10.2 Å². The van der Waals surface area contributed by atoms with Gasteiger partial charge in [0.25, 0.3) is 0 Å². The van der Waals surface area contributed by atoms with Crippen LogP contribution in [0.3, 0.4) is 0 Å². The number of nitrogens with one attached hydrogen (secondary N) is 2. The molecule has 1 aliphatic rings. The average Bonchev–Trinajstić information content (AvgIpc) is 3.10. The molecular weight excluding hydrogens is 326 g/mol. The van der Waals surface area contributed by atoms with Crippen molar-refractivity contribution in [2.45, 2.75) is 26.3 Å². The van der Waals surface area contributed by atoms with Crippen molar-refractivity contribution < 1.29 is 4.79 Å². The number of aromatic amines is 1. The second-order valence-corrected chi connectivity index (χ2v) is 6.95. The van der Waals surface area contributed by atoms with Gasteiger partial charge < -0.3 is 15.2 Å². The smallest absolute Gasteiger partial charge is 0.225 e. The number of piperidine rings is 1. The molecule has 0 unspecified atom stereocenters. The Hall–Kier alpha value is -2.89. The highest BCUT2D eigenvalue weighted by Crippen LogP contribution is 2.24. The number of carbonyl (C=O) groups excluding carboxylic acids is 1. The maximum Gasteiger partial charge on any atom is 0.225 e. The molecule has 0 aliphatic carbocycles. The molecule has 0 spiro atoms. The van der Waals surface area contributed by atoms with Gasteiger partial charge in [-0.25, -0.2) is 4.98 Å². The number of hydrogen-bond acceptors (Lipinski definition) is 4. The number of aryl methyl sites for hydroxylation is 1. The van der Waals surface area contributed by atoms with Crippen LogP contribution >= 0.6 is 0 Å². The molecule has 4 rings (SSSR count). The second kappa shape index (κ2) is 7.15. The molecule has 1 atom stereocenters. The standard InChI is InChI=1S/C20H23N5O/c1-14-6-7-17-18(10-14)24-20(23-17)25-9-3-5-16(13-25)19(26)22-12-15-4-2-8-21-11-15/h2,4,6-8,10-11,16H,3,5,9,12-13H2,1H3,(H,22,26)(H,23,24)/t16-/m1/s1. The van der Waals surface area contributed by atoms with Crippen molar-refractivity contribution >= 4 is 22.9 Å². The largest absolute Gasteiger partial charge is 0.352 e. The normalized spacial score (nSPS) is 17.4. The fourth-order valence-electron chi connectivity index (χ4n) is 3.48. The number of amides is 1. The van der Waals surface area contributed by atoms with Crippen LogP contribution in [0.2, 0.25) is 0 Å². The van der Waals surface area contributed by atoms with Crippen molar-refractivity contribution in [1.29, 1.82) is 0 Å². The molecule has 6 nitrogen and oxygen atoms in total. The number of anilines is 1. The van der Waals surface area contributed by atoms with E-state index in [9.17, 15) is 4.79 Å². The van der Waals surface area contributed by atoms with E-state index < -0.39 is 0 Å². The molecule has 0 bridgehead atoms. The van der Waals surface area contributed by atoms with Gasteiger partial charge >= 0.3 is 0 Å². The monoisotopic (exact) mass is 349 g/mol. The zero-order valence-electron chi connectivity index (χ0n) is 14.9. The first-order valence-corrected chi connectivity index (χ1v) is 9.07. The summed E-state index contributed by atoms with van der Waals surface area (Å²) in [7, 11) is 0. The minimum absolute atomic E-state index is 0.0182. The van der Waals surface area contributed by atoms with Crippen LogP contribution in [0, 0.1) is 12.8 Å². The first-order valence-electron chi connectivity index (χ1n) is 9.07. The van der Waals surface area contributed by atoms with Crippen LogP contribution in [0.15, 0.2) is 42.7 Å². The number of carbonyl (C=O) groups is 1. The first kappa shape index (κ1) is 16.6. The van der Waals surface area contributed by atoms with Gasteiger partial charge in [0, 0.05) is 32.0 Å². The summed E-state index contributed by atoms with van der Waals surface area (Å²) >= 11 is 0. The molecule has 0 saturated carbocycles. The Morgan fingerprint density at radius 1 is 1.38 bits per heavy atom. The molecule has 0 radical (unpaired) electrons. The first-order chi connectivity index (χ1) is 12.7. The van der Waals surface area contributed by atoms with Crippen LogP contribution in [-0.4, -0.2) is 33.9 Å². The Morgan fingerprint density at radius 3 is 3.15 bits per heavy atom. The van der Waals surface area contributed by atoms with Gasteiger partial charge in [0.1, 0.15) is 0 Å². The van der Waals surface area contributed by atoms with Gasteiger partial charge in [0.15, 0.2) is 0 Å². The van der Waals surface area contributed by atoms with E-state index in [1.54, 1.807) is 12.4 Å². The van der Waals surface area contributed by atoms with Gasteiger partial charge in [-0.05, 0) is 49.1 Å². The van der Waals surface area contributed by atoms with Gasteiger partial charge in [-0.3, -0.25) is 9.78 Å². The highest BCUT2D eigenvalue weighted by molar-refractivity contribution is 5.80. The van der Waals surface area contributed by atoms with Crippen molar-refractivity contribution in [3.8, 4) is 0 Å². The Kier molecular flexibility index (Phi) is 4.56. The summed E-state index contributed by atoms with van der Waals surface area (Å²) in [5.41, 5.74) is 4.23. The maximum atomic E-state index is 12.6. The fraction of sp³-hybridized carbons (Fsp3) is 0.350. The van der Waals surface area contributed by atoms with E-state index in [1.165, 1.54) is 5.56 Å². The number of rotatable bonds is 4. The van der Waals surface area contributed by atoms with Crippen LogP contribution in [0.25, 0.3) is 11.0 Å². The summed E-state index contributed by atoms with van der Waals surface area (Å²) < 4.78 is 0. The molecule has 2 aromatic heterocycles. The number of nitrogens with zero attached hydrogens (tertiary/aromatic N) is 3. The molecule has 134 valence electrons. The quantitative estimate of drug-likeness (QED) is 0.760. The van der Waals surface area contributed by atoms with Gasteiger partial charge in [-0.15, -0.1) is 0 Å². The number of benzene rings is 1. The summed E-state index contributed by atoms with van der Waals surface area (Å²) in [6, 6.07) is 10.1. The molecule has 1 amide bonds. The minimum Gasteiger partial charge on any atom is -0.352 e. The Labute approximate surface area is 152 Å². The number of imidazole rings is 1. The molecule has 1 aromatic carbocycles. The van der Waals surface area contributed by atoms with Crippen molar-refractivity contribution in [3.05, 3.63) is 53.9 Å². The van der Waals surface area contributed by atoms with E-state index in [1.807, 2.05) is 18.2 Å². The molecule has 6 heteroatoms. The predicted molar refractivity (Wildman–Crippen MR) is 102 cm³/mol. The Bertz CT molecular complexity index is 905. The van der Waals surface area contributed by atoms with Crippen molar-refractivity contribution in [2.24, 2.45) is 5.92 Å². The number of aromatic nitrogens is 3. The highest BCUT2D eigenvalue weighted by atomic mass is 16.1. The van der Waals surface area contributed by atoms with Gasteiger partial charge in [-0.2, -0.15) is 0 Å².